The fourth-order valence-corrected chi connectivity index (χ4v) is 1.12. The quantitative estimate of drug-likeness (QED) is 0.737. The Kier molecular flexibility index (Phi) is 3.71. The molecule has 0 bridgehead atoms. The summed E-state index contributed by atoms with van der Waals surface area (Å²) in [6, 6.07) is 4.54. The summed E-state index contributed by atoms with van der Waals surface area (Å²) in [6.07, 6.45) is 1.80. The van der Waals surface area contributed by atoms with Gasteiger partial charge in [0.2, 0.25) is 0 Å². The Balaban J connectivity index is 2.64. The number of nitrogens with zero attached hydrogens (tertiary/aromatic N) is 1. The molecule has 0 aromatic carbocycles. The van der Waals surface area contributed by atoms with Crippen molar-refractivity contribution in [1.29, 1.82) is 0 Å². The van der Waals surface area contributed by atoms with Gasteiger partial charge in [0.1, 0.15) is 5.82 Å². The van der Waals surface area contributed by atoms with E-state index in [1.165, 1.54) is 5.56 Å². The van der Waals surface area contributed by atoms with Crippen molar-refractivity contribution in [2.75, 3.05) is 12.4 Å². The molecule has 0 amide bonds. The van der Waals surface area contributed by atoms with Crippen molar-refractivity contribution in [2.24, 2.45) is 0 Å². The summed E-state index contributed by atoms with van der Waals surface area (Å²) in [5, 5.41) is 6.42. The smallest absolute Gasteiger partial charge is 0.130 e. The van der Waals surface area contributed by atoms with Crippen LogP contribution in [0.4, 0.5) is 5.82 Å². The average Bonchev–Trinajstić information content (AvgIpc) is 2.15. The van der Waals surface area contributed by atoms with E-state index in [0.717, 1.165) is 12.4 Å². The summed E-state index contributed by atoms with van der Waals surface area (Å²) >= 11 is 0. The number of pyridine rings is 1. The maximum Gasteiger partial charge on any atom is 0.130 e. The molecule has 0 aliphatic heterocycles. The lowest BCUT2D eigenvalue weighted by atomic mass is 10.2. The molecule has 1 heterocycles. The highest BCUT2D eigenvalue weighted by atomic mass is 15.0. The molecule has 0 aliphatic carbocycles. The molecule has 0 aliphatic rings. The molecule has 0 atom stereocenters. The van der Waals surface area contributed by atoms with Crippen LogP contribution < -0.4 is 10.6 Å². The van der Waals surface area contributed by atoms with Crippen LogP contribution in [0.3, 0.4) is 0 Å². The van der Waals surface area contributed by atoms with Crippen molar-refractivity contribution in [1.82, 2.24) is 10.3 Å². The van der Waals surface area contributed by atoms with E-state index in [4.69, 9.17) is 0 Å². The Labute approximate surface area is 79.6 Å². The lowest BCUT2D eigenvalue weighted by molar-refractivity contribution is 0.588. The minimum absolute atomic E-state index is 0.505. The van der Waals surface area contributed by atoms with Crippen molar-refractivity contribution in [3.8, 4) is 0 Å². The molecule has 0 spiro atoms. The summed E-state index contributed by atoms with van der Waals surface area (Å²) in [7, 11) is 1.89. The molecule has 0 saturated heterocycles. The first-order valence-electron chi connectivity index (χ1n) is 4.59. The van der Waals surface area contributed by atoms with E-state index in [1.807, 2.05) is 13.1 Å². The highest BCUT2D eigenvalue weighted by molar-refractivity contribution is 5.42. The van der Waals surface area contributed by atoms with Crippen LogP contribution in [0.25, 0.3) is 0 Å². The maximum atomic E-state index is 4.22. The molecule has 0 unspecified atom stereocenters. The Morgan fingerprint density at radius 1 is 1.46 bits per heavy atom. The lowest BCUT2D eigenvalue weighted by Crippen LogP contribution is -2.22. The molecule has 3 nitrogen and oxygen atoms in total. The molecular formula is C10H17N3. The number of hydrogen-bond acceptors (Lipinski definition) is 3. The SMILES string of the molecule is CNc1ncccc1CNC(C)C. The van der Waals surface area contributed by atoms with E-state index in [9.17, 15) is 0 Å². The predicted molar refractivity (Wildman–Crippen MR) is 55.8 cm³/mol. The van der Waals surface area contributed by atoms with Crippen LogP contribution >= 0.6 is 0 Å². The first-order chi connectivity index (χ1) is 6.24. The highest BCUT2D eigenvalue weighted by Crippen LogP contribution is 2.09. The van der Waals surface area contributed by atoms with Crippen LogP contribution in [0.2, 0.25) is 0 Å². The van der Waals surface area contributed by atoms with Gasteiger partial charge in [0.15, 0.2) is 0 Å². The van der Waals surface area contributed by atoms with Gasteiger partial charge in [-0.25, -0.2) is 4.98 Å². The van der Waals surface area contributed by atoms with Crippen LogP contribution in [0.1, 0.15) is 19.4 Å². The van der Waals surface area contributed by atoms with E-state index >= 15 is 0 Å². The molecule has 0 saturated carbocycles. The summed E-state index contributed by atoms with van der Waals surface area (Å²) < 4.78 is 0. The van der Waals surface area contributed by atoms with E-state index in [0.29, 0.717) is 6.04 Å². The lowest BCUT2D eigenvalue weighted by Gasteiger charge is -2.10. The zero-order chi connectivity index (χ0) is 9.68. The minimum Gasteiger partial charge on any atom is -0.373 e. The molecular weight excluding hydrogens is 162 g/mol. The fourth-order valence-electron chi connectivity index (χ4n) is 1.12. The average molecular weight is 179 g/mol. The van der Waals surface area contributed by atoms with Crippen molar-refractivity contribution in [2.45, 2.75) is 26.4 Å². The van der Waals surface area contributed by atoms with Crippen molar-refractivity contribution in [3.63, 3.8) is 0 Å². The number of hydrogen-bond donors (Lipinski definition) is 2. The molecule has 72 valence electrons. The topological polar surface area (TPSA) is 37.0 Å². The monoisotopic (exact) mass is 179 g/mol. The second kappa shape index (κ2) is 4.82. The van der Waals surface area contributed by atoms with Crippen molar-refractivity contribution < 1.29 is 0 Å². The van der Waals surface area contributed by atoms with Gasteiger partial charge in [-0.05, 0) is 6.07 Å². The van der Waals surface area contributed by atoms with Gasteiger partial charge < -0.3 is 10.6 Å². The molecule has 3 heteroatoms. The van der Waals surface area contributed by atoms with Crippen LogP contribution in [-0.2, 0) is 6.54 Å². The van der Waals surface area contributed by atoms with Gasteiger partial charge >= 0.3 is 0 Å². The van der Waals surface area contributed by atoms with E-state index in [-0.39, 0.29) is 0 Å². The zero-order valence-corrected chi connectivity index (χ0v) is 8.46. The Morgan fingerprint density at radius 2 is 2.23 bits per heavy atom. The van der Waals surface area contributed by atoms with Crippen molar-refractivity contribution >= 4 is 5.82 Å². The van der Waals surface area contributed by atoms with Crippen LogP contribution in [0.15, 0.2) is 18.3 Å². The Morgan fingerprint density at radius 3 is 2.85 bits per heavy atom. The molecule has 0 fully saturated rings. The zero-order valence-electron chi connectivity index (χ0n) is 8.46. The second-order valence-electron chi connectivity index (χ2n) is 3.30. The molecule has 0 radical (unpaired) electrons. The maximum absolute atomic E-state index is 4.22. The summed E-state index contributed by atoms with van der Waals surface area (Å²) in [5.74, 6) is 0.954. The number of aromatic nitrogens is 1. The van der Waals surface area contributed by atoms with Gasteiger partial charge in [-0.1, -0.05) is 19.9 Å². The predicted octanol–water partition coefficient (Wildman–Crippen LogP) is 1.62. The summed E-state index contributed by atoms with van der Waals surface area (Å²) in [4.78, 5) is 4.22. The highest BCUT2D eigenvalue weighted by Gasteiger charge is 2.00. The van der Waals surface area contributed by atoms with Crippen molar-refractivity contribution in [3.05, 3.63) is 23.9 Å². The van der Waals surface area contributed by atoms with Gasteiger partial charge in [-0.2, -0.15) is 0 Å². The van der Waals surface area contributed by atoms with Gasteiger partial charge in [0.05, 0.1) is 0 Å². The fraction of sp³-hybridized carbons (Fsp3) is 0.500. The number of anilines is 1. The Hall–Kier alpha value is -1.09. The van der Waals surface area contributed by atoms with Crippen LogP contribution in [-0.4, -0.2) is 18.1 Å². The van der Waals surface area contributed by atoms with Crippen LogP contribution in [0, 0.1) is 0 Å². The van der Waals surface area contributed by atoms with Gasteiger partial charge in [-0.15, -0.1) is 0 Å². The van der Waals surface area contributed by atoms with E-state index < -0.39 is 0 Å². The third-order valence-electron chi connectivity index (χ3n) is 1.83. The second-order valence-corrected chi connectivity index (χ2v) is 3.30. The molecule has 1 aromatic rings. The number of nitrogens with one attached hydrogen (secondary N) is 2. The normalized spacial score (nSPS) is 10.5. The first kappa shape index (κ1) is 9.99. The number of rotatable bonds is 4. The van der Waals surface area contributed by atoms with Crippen LogP contribution in [0.5, 0.6) is 0 Å². The summed E-state index contributed by atoms with van der Waals surface area (Å²) in [6.45, 7) is 5.13. The van der Waals surface area contributed by atoms with E-state index in [1.54, 1.807) is 6.20 Å². The molecule has 13 heavy (non-hydrogen) atoms. The van der Waals surface area contributed by atoms with Gasteiger partial charge in [0.25, 0.3) is 0 Å². The molecule has 1 aromatic heterocycles. The van der Waals surface area contributed by atoms with Gasteiger partial charge in [-0.3, -0.25) is 0 Å². The third kappa shape index (κ3) is 3.03. The molecule has 2 N–H and O–H groups in total. The van der Waals surface area contributed by atoms with E-state index in [2.05, 4.69) is 35.5 Å². The minimum atomic E-state index is 0.505. The first-order valence-corrected chi connectivity index (χ1v) is 4.59. The standard InChI is InChI=1S/C10H17N3/c1-8(2)13-7-9-5-4-6-12-10(9)11-3/h4-6,8,13H,7H2,1-3H3,(H,11,12). The third-order valence-corrected chi connectivity index (χ3v) is 1.83. The molecule has 1 rings (SSSR count). The van der Waals surface area contributed by atoms with Gasteiger partial charge in [0, 0.05) is 31.4 Å². The summed E-state index contributed by atoms with van der Waals surface area (Å²) in [5.41, 5.74) is 1.21. The largest absolute Gasteiger partial charge is 0.373 e. The Bertz CT molecular complexity index is 258.